The standard InChI is InChI=1S/C11H10N2O/c12-5-3-10(13)9-2-1-8-4-6-14-11(8)7-9/h1-2,4,6-7,10H,3,13H2/t10-/m0/s1. The van der Waals surface area contributed by atoms with Crippen molar-refractivity contribution in [3.63, 3.8) is 0 Å². The summed E-state index contributed by atoms with van der Waals surface area (Å²) in [6.07, 6.45) is 1.97. The lowest BCUT2D eigenvalue weighted by atomic mass is 10.0. The molecule has 0 radical (unpaired) electrons. The maximum Gasteiger partial charge on any atom is 0.134 e. The molecule has 0 aliphatic rings. The van der Waals surface area contributed by atoms with Gasteiger partial charge in [-0.05, 0) is 17.7 Å². The molecule has 0 unspecified atom stereocenters. The molecule has 2 rings (SSSR count). The van der Waals surface area contributed by atoms with Gasteiger partial charge in [-0.3, -0.25) is 0 Å². The Morgan fingerprint density at radius 1 is 1.43 bits per heavy atom. The summed E-state index contributed by atoms with van der Waals surface area (Å²) in [5, 5.41) is 9.57. The number of hydrogen-bond acceptors (Lipinski definition) is 3. The zero-order valence-corrected chi connectivity index (χ0v) is 7.60. The molecule has 70 valence electrons. The zero-order chi connectivity index (χ0) is 9.97. The monoisotopic (exact) mass is 186 g/mol. The van der Waals surface area contributed by atoms with Crippen molar-refractivity contribution >= 4 is 11.0 Å². The van der Waals surface area contributed by atoms with Crippen molar-refractivity contribution < 1.29 is 4.42 Å². The van der Waals surface area contributed by atoms with E-state index in [4.69, 9.17) is 15.4 Å². The number of hydrogen-bond donors (Lipinski definition) is 1. The molecule has 0 aliphatic carbocycles. The minimum Gasteiger partial charge on any atom is -0.464 e. The Morgan fingerprint density at radius 2 is 2.29 bits per heavy atom. The normalized spacial score (nSPS) is 12.6. The van der Waals surface area contributed by atoms with Gasteiger partial charge in [-0.15, -0.1) is 0 Å². The molecule has 3 nitrogen and oxygen atoms in total. The Bertz CT molecular complexity index is 481. The summed E-state index contributed by atoms with van der Waals surface area (Å²) >= 11 is 0. The molecule has 0 saturated heterocycles. The predicted molar refractivity (Wildman–Crippen MR) is 53.4 cm³/mol. The Kier molecular flexibility index (Phi) is 2.21. The molecule has 3 heteroatoms. The first-order chi connectivity index (χ1) is 6.81. The van der Waals surface area contributed by atoms with Crippen LogP contribution in [0.5, 0.6) is 0 Å². The van der Waals surface area contributed by atoms with Crippen molar-refractivity contribution in [3.05, 3.63) is 36.1 Å². The van der Waals surface area contributed by atoms with Gasteiger partial charge in [0.2, 0.25) is 0 Å². The van der Waals surface area contributed by atoms with Crippen LogP contribution in [0.3, 0.4) is 0 Å². The van der Waals surface area contributed by atoms with Crippen molar-refractivity contribution in [1.29, 1.82) is 5.26 Å². The van der Waals surface area contributed by atoms with E-state index in [1.54, 1.807) is 6.26 Å². The van der Waals surface area contributed by atoms with Crippen molar-refractivity contribution in [2.24, 2.45) is 5.73 Å². The summed E-state index contributed by atoms with van der Waals surface area (Å²) in [4.78, 5) is 0. The molecule has 0 saturated carbocycles. The molecule has 1 aromatic heterocycles. The second kappa shape index (κ2) is 3.52. The number of fused-ring (bicyclic) bond motifs is 1. The van der Waals surface area contributed by atoms with Crippen LogP contribution in [-0.2, 0) is 0 Å². The SMILES string of the molecule is N#CC[C@H](N)c1ccc2ccoc2c1. The molecule has 14 heavy (non-hydrogen) atoms. The number of rotatable bonds is 2. The van der Waals surface area contributed by atoms with Crippen LogP contribution in [0.15, 0.2) is 34.9 Å². The second-order valence-corrected chi connectivity index (χ2v) is 3.19. The smallest absolute Gasteiger partial charge is 0.134 e. The fraction of sp³-hybridized carbons (Fsp3) is 0.182. The van der Waals surface area contributed by atoms with Crippen LogP contribution < -0.4 is 5.73 Å². The van der Waals surface area contributed by atoms with E-state index in [9.17, 15) is 0 Å². The minimum atomic E-state index is -0.227. The Balaban J connectivity index is 2.39. The third-order valence-electron chi connectivity index (χ3n) is 2.22. The number of nitriles is 1. The fourth-order valence-electron chi connectivity index (χ4n) is 1.42. The molecule has 1 heterocycles. The van der Waals surface area contributed by atoms with Gasteiger partial charge in [0, 0.05) is 11.4 Å². The van der Waals surface area contributed by atoms with E-state index in [2.05, 4.69) is 6.07 Å². The van der Waals surface area contributed by atoms with E-state index >= 15 is 0 Å². The van der Waals surface area contributed by atoms with E-state index in [1.807, 2.05) is 24.3 Å². The number of nitrogens with two attached hydrogens (primary N) is 1. The topological polar surface area (TPSA) is 63.0 Å². The average Bonchev–Trinajstić information content (AvgIpc) is 2.64. The van der Waals surface area contributed by atoms with Crippen molar-refractivity contribution in [2.45, 2.75) is 12.5 Å². The van der Waals surface area contributed by atoms with Crippen LogP contribution in [0.4, 0.5) is 0 Å². The van der Waals surface area contributed by atoms with E-state index < -0.39 is 0 Å². The van der Waals surface area contributed by atoms with Gasteiger partial charge in [-0.1, -0.05) is 12.1 Å². The maximum absolute atomic E-state index is 8.52. The molecule has 0 spiro atoms. The highest BCUT2D eigenvalue weighted by Gasteiger charge is 2.06. The highest BCUT2D eigenvalue weighted by molar-refractivity contribution is 5.77. The van der Waals surface area contributed by atoms with Gasteiger partial charge in [0.1, 0.15) is 5.58 Å². The Morgan fingerprint density at radius 3 is 3.07 bits per heavy atom. The largest absolute Gasteiger partial charge is 0.464 e. The van der Waals surface area contributed by atoms with Crippen LogP contribution in [0.25, 0.3) is 11.0 Å². The molecule has 2 N–H and O–H groups in total. The van der Waals surface area contributed by atoms with Crippen LogP contribution in [0.1, 0.15) is 18.0 Å². The van der Waals surface area contributed by atoms with Gasteiger partial charge < -0.3 is 10.2 Å². The molecular weight excluding hydrogens is 176 g/mol. The van der Waals surface area contributed by atoms with E-state index in [0.717, 1.165) is 16.5 Å². The lowest BCUT2D eigenvalue weighted by Gasteiger charge is -2.06. The number of furan rings is 1. The van der Waals surface area contributed by atoms with Crippen molar-refractivity contribution in [1.82, 2.24) is 0 Å². The van der Waals surface area contributed by atoms with Gasteiger partial charge in [0.15, 0.2) is 0 Å². The zero-order valence-electron chi connectivity index (χ0n) is 7.60. The first-order valence-electron chi connectivity index (χ1n) is 4.41. The molecule has 0 bridgehead atoms. The van der Waals surface area contributed by atoms with Gasteiger partial charge >= 0.3 is 0 Å². The van der Waals surface area contributed by atoms with E-state index in [-0.39, 0.29) is 6.04 Å². The minimum absolute atomic E-state index is 0.227. The van der Waals surface area contributed by atoms with E-state index in [1.165, 1.54) is 0 Å². The first-order valence-corrected chi connectivity index (χ1v) is 4.41. The molecule has 2 aromatic rings. The van der Waals surface area contributed by atoms with Gasteiger partial charge in [0.25, 0.3) is 0 Å². The molecule has 0 aliphatic heterocycles. The van der Waals surface area contributed by atoms with Gasteiger partial charge in [-0.25, -0.2) is 0 Å². The quantitative estimate of drug-likeness (QED) is 0.782. The Labute approximate surface area is 81.7 Å². The van der Waals surface area contributed by atoms with E-state index in [0.29, 0.717) is 6.42 Å². The second-order valence-electron chi connectivity index (χ2n) is 3.19. The lowest BCUT2D eigenvalue weighted by molar-refractivity contribution is 0.614. The number of nitrogens with zero attached hydrogens (tertiary/aromatic N) is 1. The lowest BCUT2D eigenvalue weighted by Crippen LogP contribution is -2.08. The summed E-state index contributed by atoms with van der Waals surface area (Å²) in [6, 6.07) is 9.49. The highest BCUT2D eigenvalue weighted by atomic mass is 16.3. The molecular formula is C11H10N2O. The summed E-state index contributed by atoms with van der Waals surface area (Å²) in [5.74, 6) is 0. The van der Waals surface area contributed by atoms with Gasteiger partial charge in [-0.2, -0.15) is 5.26 Å². The van der Waals surface area contributed by atoms with Crippen molar-refractivity contribution in [2.75, 3.05) is 0 Å². The summed E-state index contributed by atoms with van der Waals surface area (Å²) < 4.78 is 5.25. The van der Waals surface area contributed by atoms with Crippen LogP contribution in [-0.4, -0.2) is 0 Å². The third kappa shape index (κ3) is 1.48. The maximum atomic E-state index is 8.52. The van der Waals surface area contributed by atoms with Crippen LogP contribution in [0, 0.1) is 11.3 Å². The summed E-state index contributed by atoms with van der Waals surface area (Å²) in [5.41, 5.74) is 7.56. The molecule has 0 fully saturated rings. The van der Waals surface area contributed by atoms with Crippen LogP contribution in [0.2, 0.25) is 0 Å². The fourth-order valence-corrected chi connectivity index (χ4v) is 1.42. The molecule has 1 aromatic carbocycles. The average molecular weight is 186 g/mol. The van der Waals surface area contributed by atoms with Gasteiger partial charge in [0.05, 0.1) is 18.8 Å². The van der Waals surface area contributed by atoms with Crippen LogP contribution >= 0.6 is 0 Å². The highest BCUT2D eigenvalue weighted by Crippen LogP contribution is 2.21. The summed E-state index contributed by atoms with van der Waals surface area (Å²) in [6.45, 7) is 0. The molecule has 0 amide bonds. The third-order valence-corrected chi connectivity index (χ3v) is 2.22. The first kappa shape index (κ1) is 8.79. The van der Waals surface area contributed by atoms with Crippen molar-refractivity contribution in [3.8, 4) is 6.07 Å². The molecule has 1 atom stereocenters. The Hall–Kier alpha value is -1.79. The predicted octanol–water partition coefficient (Wildman–Crippen LogP) is 2.35. The number of benzene rings is 1. The summed E-state index contributed by atoms with van der Waals surface area (Å²) in [7, 11) is 0.